The van der Waals surface area contributed by atoms with Crippen molar-refractivity contribution in [1.29, 1.82) is 0 Å². The maximum Gasteiger partial charge on any atom is 0.317 e. The highest BCUT2D eigenvalue weighted by atomic mass is 32.2. The van der Waals surface area contributed by atoms with E-state index in [1.165, 1.54) is 5.56 Å². The number of carbonyl (C=O) groups excluding carboxylic acids is 1. The summed E-state index contributed by atoms with van der Waals surface area (Å²) in [6.07, 6.45) is 5.80. The van der Waals surface area contributed by atoms with Crippen LogP contribution in [0, 0.1) is 0 Å². The first-order valence-electron chi connectivity index (χ1n) is 10.6. The molecule has 0 spiro atoms. The number of piperidine rings is 1. The fourth-order valence-electron chi connectivity index (χ4n) is 4.53. The van der Waals surface area contributed by atoms with Crippen LogP contribution < -0.4 is 10.0 Å². The second-order valence-electron chi connectivity index (χ2n) is 8.11. The molecule has 162 valence electrons. The Balaban J connectivity index is 1.64. The van der Waals surface area contributed by atoms with E-state index in [9.17, 15) is 13.2 Å². The van der Waals surface area contributed by atoms with Crippen molar-refractivity contribution in [2.45, 2.75) is 63.1 Å². The molecule has 1 aromatic carbocycles. The van der Waals surface area contributed by atoms with Crippen molar-refractivity contribution in [3.8, 4) is 0 Å². The number of urea groups is 1. The Morgan fingerprint density at radius 1 is 1.21 bits per heavy atom. The number of rotatable bonds is 7. The zero-order chi connectivity index (χ0) is 20.9. The first-order chi connectivity index (χ1) is 13.9. The van der Waals surface area contributed by atoms with E-state index >= 15 is 0 Å². The van der Waals surface area contributed by atoms with Crippen molar-refractivity contribution in [3.63, 3.8) is 0 Å². The Hall–Kier alpha value is -1.64. The quantitative estimate of drug-likeness (QED) is 0.705. The standard InChI is InChI=1S/C21H33N3O4S/c1-3-22-21(25)24-13-7-10-19(23-29(2,26)27)20(24)15-28-18-12-11-17(14-18)16-8-5-4-6-9-16/h4-6,8-9,17-20,23H,3,7,10-15H2,1-2H3,(H,22,25)/t17?,18?,19-,20-/m0/s1. The van der Waals surface area contributed by atoms with Gasteiger partial charge in [-0.1, -0.05) is 30.3 Å². The van der Waals surface area contributed by atoms with Crippen molar-refractivity contribution in [3.05, 3.63) is 35.9 Å². The molecule has 1 aliphatic heterocycles. The van der Waals surface area contributed by atoms with Crippen LogP contribution in [0.5, 0.6) is 0 Å². The van der Waals surface area contributed by atoms with Gasteiger partial charge < -0.3 is 15.0 Å². The predicted molar refractivity (Wildman–Crippen MR) is 113 cm³/mol. The lowest BCUT2D eigenvalue weighted by Crippen LogP contribution is -2.60. The summed E-state index contributed by atoms with van der Waals surface area (Å²) in [4.78, 5) is 14.3. The van der Waals surface area contributed by atoms with Crippen molar-refractivity contribution >= 4 is 16.1 Å². The van der Waals surface area contributed by atoms with E-state index in [2.05, 4.69) is 34.3 Å². The third-order valence-corrected chi connectivity index (χ3v) is 6.62. The molecule has 0 bridgehead atoms. The van der Waals surface area contributed by atoms with Gasteiger partial charge >= 0.3 is 6.03 Å². The molecule has 1 aliphatic carbocycles. The third kappa shape index (κ3) is 6.17. The number of hydrogen-bond donors (Lipinski definition) is 2. The molecular weight excluding hydrogens is 390 g/mol. The molecule has 2 unspecified atom stereocenters. The number of amides is 2. The Morgan fingerprint density at radius 3 is 2.66 bits per heavy atom. The van der Waals surface area contributed by atoms with E-state index < -0.39 is 10.0 Å². The average molecular weight is 424 g/mol. The fourth-order valence-corrected chi connectivity index (χ4v) is 5.36. The molecule has 2 aliphatic rings. The average Bonchev–Trinajstić information content (AvgIpc) is 3.15. The van der Waals surface area contributed by atoms with Crippen molar-refractivity contribution in [2.24, 2.45) is 0 Å². The summed E-state index contributed by atoms with van der Waals surface area (Å²) in [6, 6.07) is 9.70. The zero-order valence-corrected chi connectivity index (χ0v) is 18.2. The number of sulfonamides is 1. The van der Waals surface area contributed by atoms with Crippen molar-refractivity contribution in [1.82, 2.24) is 14.9 Å². The Morgan fingerprint density at radius 2 is 1.97 bits per heavy atom. The van der Waals surface area contributed by atoms with E-state index in [0.29, 0.717) is 32.0 Å². The van der Waals surface area contributed by atoms with Gasteiger partial charge in [0.05, 0.1) is 25.0 Å². The summed E-state index contributed by atoms with van der Waals surface area (Å²) in [7, 11) is -3.36. The number of likely N-dealkylation sites (tertiary alicyclic amines) is 1. The molecule has 2 fully saturated rings. The van der Waals surface area contributed by atoms with E-state index in [0.717, 1.165) is 31.9 Å². The SMILES string of the molecule is CCNC(=O)N1CCC[C@H](NS(C)(=O)=O)[C@@H]1COC1CCC(c2ccccc2)C1. The smallest absolute Gasteiger partial charge is 0.317 e. The minimum absolute atomic E-state index is 0.136. The lowest BCUT2D eigenvalue weighted by atomic mass is 9.97. The molecule has 4 atom stereocenters. The van der Waals surface area contributed by atoms with Crippen LogP contribution in [0.4, 0.5) is 4.79 Å². The first kappa shape index (κ1) is 22.1. The molecular formula is C21H33N3O4S. The Labute approximate surface area is 174 Å². The highest BCUT2D eigenvalue weighted by Crippen LogP contribution is 2.36. The van der Waals surface area contributed by atoms with E-state index in [-0.39, 0.29) is 24.2 Å². The van der Waals surface area contributed by atoms with Gasteiger partial charge in [0.2, 0.25) is 10.0 Å². The molecule has 1 aromatic rings. The lowest BCUT2D eigenvalue weighted by molar-refractivity contribution is 0.00227. The highest BCUT2D eigenvalue weighted by molar-refractivity contribution is 7.88. The summed E-state index contributed by atoms with van der Waals surface area (Å²) < 4.78 is 32.6. The maximum absolute atomic E-state index is 12.5. The van der Waals surface area contributed by atoms with Crippen LogP contribution in [0.25, 0.3) is 0 Å². The first-order valence-corrected chi connectivity index (χ1v) is 12.4. The van der Waals surface area contributed by atoms with Gasteiger partial charge in [0.25, 0.3) is 0 Å². The van der Waals surface area contributed by atoms with Crippen LogP contribution in [0.1, 0.15) is 50.5 Å². The summed E-state index contributed by atoms with van der Waals surface area (Å²) >= 11 is 0. The molecule has 2 N–H and O–H groups in total. The van der Waals surface area contributed by atoms with Crippen LogP contribution in [0.2, 0.25) is 0 Å². The minimum Gasteiger partial charge on any atom is -0.376 e. The van der Waals surface area contributed by atoms with Gasteiger partial charge in [0, 0.05) is 19.1 Å². The second-order valence-corrected chi connectivity index (χ2v) is 9.89. The normalized spacial score (nSPS) is 27.7. The van der Waals surface area contributed by atoms with Crippen LogP contribution in [0.15, 0.2) is 30.3 Å². The Kier molecular flexibility index (Phi) is 7.54. The zero-order valence-electron chi connectivity index (χ0n) is 17.3. The molecule has 0 aromatic heterocycles. The summed E-state index contributed by atoms with van der Waals surface area (Å²) in [5, 5.41) is 2.84. The molecule has 1 heterocycles. The fraction of sp³-hybridized carbons (Fsp3) is 0.667. The second kappa shape index (κ2) is 9.91. The number of hydrogen-bond acceptors (Lipinski definition) is 4. The summed E-state index contributed by atoms with van der Waals surface area (Å²) in [6.45, 7) is 3.37. The number of carbonyl (C=O) groups is 1. The van der Waals surface area contributed by atoms with Gasteiger partial charge in [0.1, 0.15) is 0 Å². The molecule has 0 radical (unpaired) electrons. The van der Waals surface area contributed by atoms with Crippen molar-refractivity contribution < 1.29 is 17.9 Å². The maximum atomic E-state index is 12.5. The van der Waals surface area contributed by atoms with Crippen LogP contribution in [-0.4, -0.2) is 63.5 Å². The third-order valence-electron chi connectivity index (χ3n) is 5.89. The van der Waals surface area contributed by atoms with Crippen LogP contribution >= 0.6 is 0 Å². The molecule has 29 heavy (non-hydrogen) atoms. The van der Waals surface area contributed by atoms with Gasteiger partial charge in [-0.15, -0.1) is 0 Å². The summed E-state index contributed by atoms with van der Waals surface area (Å²) in [5.41, 5.74) is 1.34. The molecule has 1 saturated carbocycles. The monoisotopic (exact) mass is 423 g/mol. The minimum atomic E-state index is -3.36. The van der Waals surface area contributed by atoms with Gasteiger partial charge in [-0.2, -0.15) is 0 Å². The topological polar surface area (TPSA) is 87.7 Å². The predicted octanol–water partition coefficient (Wildman–Crippen LogP) is 2.45. The summed E-state index contributed by atoms with van der Waals surface area (Å²) in [5.74, 6) is 0.497. The number of ether oxygens (including phenoxy) is 1. The molecule has 2 amide bonds. The van der Waals surface area contributed by atoms with E-state index in [1.54, 1.807) is 4.90 Å². The Bertz CT molecular complexity index is 771. The molecule has 8 heteroatoms. The largest absolute Gasteiger partial charge is 0.376 e. The molecule has 3 rings (SSSR count). The van der Waals surface area contributed by atoms with Gasteiger partial charge in [-0.25, -0.2) is 17.9 Å². The number of nitrogens with zero attached hydrogens (tertiary/aromatic N) is 1. The van der Waals surface area contributed by atoms with Crippen LogP contribution in [0.3, 0.4) is 0 Å². The highest BCUT2D eigenvalue weighted by Gasteiger charge is 2.37. The lowest BCUT2D eigenvalue weighted by Gasteiger charge is -2.41. The van der Waals surface area contributed by atoms with Crippen molar-refractivity contribution in [2.75, 3.05) is 26.0 Å². The molecule has 1 saturated heterocycles. The number of nitrogens with one attached hydrogen (secondary N) is 2. The van der Waals surface area contributed by atoms with E-state index in [4.69, 9.17) is 4.74 Å². The molecule has 7 nitrogen and oxygen atoms in total. The van der Waals surface area contributed by atoms with Gasteiger partial charge in [-0.05, 0) is 50.5 Å². The van der Waals surface area contributed by atoms with Gasteiger partial charge in [0.15, 0.2) is 0 Å². The van der Waals surface area contributed by atoms with E-state index in [1.807, 2.05) is 13.0 Å². The number of benzene rings is 1. The van der Waals surface area contributed by atoms with Crippen LogP contribution in [-0.2, 0) is 14.8 Å². The van der Waals surface area contributed by atoms with Gasteiger partial charge in [-0.3, -0.25) is 0 Å².